The van der Waals surface area contributed by atoms with Gasteiger partial charge in [0.05, 0.1) is 10.6 Å². The quantitative estimate of drug-likeness (QED) is 0.511. The smallest absolute Gasteiger partial charge is 0.270 e. The number of rotatable bonds is 4. The van der Waals surface area contributed by atoms with Crippen LogP contribution < -0.4 is 5.32 Å². The molecule has 0 heterocycles. The summed E-state index contributed by atoms with van der Waals surface area (Å²) >= 11 is 6.07. The molecule has 0 fully saturated rings. The topological polar surface area (TPSA) is 79.0 Å². The molecule has 0 saturated carbocycles. The van der Waals surface area contributed by atoms with Crippen molar-refractivity contribution in [2.45, 2.75) is 0 Å². The van der Waals surface area contributed by atoms with Crippen molar-refractivity contribution < 1.29 is 4.92 Å². The van der Waals surface area contributed by atoms with Gasteiger partial charge in [0.1, 0.15) is 0 Å². The van der Waals surface area contributed by atoms with Gasteiger partial charge in [0, 0.05) is 41.0 Å². The van der Waals surface area contributed by atoms with Gasteiger partial charge in [-0.1, -0.05) is 29.8 Å². The van der Waals surface area contributed by atoms with Gasteiger partial charge in [-0.25, -0.2) is 0 Å². The lowest BCUT2D eigenvalue weighted by Gasteiger charge is -2.11. The highest BCUT2D eigenvalue weighted by Gasteiger charge is 2.16. The zero-order valence-electron chi connectivity index (χ0n) is 10.7. The number of nitro benzene ring substituents is 1. The molecule has 0 atom stereocenters. The average Bonchev–Trinajstić information content (AvgIpc) is 2.46. The fourth-order valence-electron chi connectivity index (χ4n) is 1.88. The van der Waals surface area contributed by atoms with E-state index in [2.05, 4.69) is 5.32 Å². The number of nitrogens with zero attached hydrogens (tertiary/aromatic N) is 1. The van der Waals surface area contributed by atoms with E-state index in [1.165, 1.54) is 12.1 Å². The number of nitro groups is 1. The predicted molar refractivity (Wildman–Crippen MR) is 80.0 cm³/mol. The lowest BCUT2D eigenvalue weighted by molar-refractivity contribution is -0.384. The van der Waals surface area contributed by atoms with Crippen LogP contribution in [0, 0.1) is 15.5 Å². The van der Waals surface area contributed by atoms with Crippen molar-refractivity contribution in [2.24, 2.45) is 0 Å². The van der Waals surface area contributed by atoms with Crippen molar-refractivity contribution in [2.75, 3.05) is 12.4 Å². The molecule has 2 rings (SSSR count). The van der Waals surface area contributed by atoms with E-state index in [0.717, 1.165) is 0 Å². The molecule has 0 bridgehead atoms. The van der Waals surface area contributed by atoms with E-state index in [4.69, 9.17) is 17.0 Å². The molecule has 0 spiro atoms. The highest BCUT2D eigenvalue weighted by Crippen LogP contribution is 2.26. The fraction of sp³-hybridized carbons (Fsp3) is 0.0714. The average molecular weight is 290 g/mol. The van der Waals surface area contributed by atoms with Crippen LogP contribution in [0.2, 0.25) is 5.02 Å². The minimum atomic E-state index is -0.483. The molecule has 0 aliphatic heterocycles. The van der Waals surface area contributed by atoms with Crippen LogP contribution in [0.4, 0.5) is 11.4 Å². The summed E-state index contributed by atoms with van der Waals surface area (Å²) < 4.78 is 0. The van der Waals surface area contributed by atoms with E-state index >= 15 is 0 Å². The molecular formula is C14H12ClN3O2. The van der Waals surface area contributed by atoms with Crippen molar-refractivity contribution in [3.05, 3.63) is 68.7 Å². The van der Waals surface area contributed by atoms with Crippen molar-refractivity contribution in [1.82, 2.24) is 0 Å². The Morgan fingerprint density at radius 1 is 1.25 bits per heavy atom. The molecule has 2 aromatic carbocycles. The monoisotopic (exact) mass is 289 g/mol. The molecule has 0 aromatic heterocycles. The van der Waals surface area contributed by atoms with Crippen LogP contribution in [-0.2, 0) is 0 Å². The summed E-state index contributed by atoms with van der Waals surface area (Å²) in [6.45, 7) is 0. The third kappa shape index (κ3) is 2.62. The lowest BCUT2D eigenvalue weighted by Crippen LogP contribution is -2.07. The zero-order valence-corrected chi connectivity index (χ0v) is 11.4. The van der Waals surface area contributed by atoms with E-state index in [9.17, 15) is 10.1 Å². The van der Waals surface area contributed by atoms with Crippen LogP contribution in [-0.4, -0.2) is 17.7 Å². The Hall–Kier alpha value is -2.40. The first-order valence-electron chi connectivity index (χ1n) is 5.84. The van der Waals surface area contributed by atoms with E-state index in [1.54, 1.807) is 37.4 Å². The number of hydrogen-bond donors (Lipinski definition) is 2. The second-order valence-electron chi connectivity index (χ2n) is 4.09. The van der Waals surface area contributed by atoms with E-state index in [1.807, 2.05) is 0 Å². The van der Waals surface area contributed by atoms with Crippen LogP contribution >= 0.6 is 11.6 Å². The molecule has 0 saturated heterocycles. The molecular weight excluding hydrogens is 278 g/mol. The molecule has 20 heavy (non-hydrogen) atoms. The number of benzene rings is 2. The molecule has 0 amide bonds. The Balaban J connectivity index is 2.56. The fourth-order valence-corrected chi connectivity index (χ4v) is 2.11. The normalized spacial score (nSPS) is 10.1. The van der Waals surface area contributed by atoms with Gasteiger partial charge in [-0.3, -0.25) is 15.5 Å². The second-order valence-corrected chi connectivity index (χ2v) is 4.50. The third-order valence-corrected chi connectivity index (χ3v) is 3.23. The van der Waals surface area contributed by atoms with Gasteiger partial charge in [-0.2, -0.15) is 0 Å². The molecule has 5 nitrogen and oxygen atoms in total. The Morgan fingerprint density at radius 3 is 2.55 bits per heavy atom. The second kappa shape index (κ2) is 5.71. The highest BCUT2D eigenvalue weighted by molar-refractivity contribution is 6.35. The molecule has 6 heteroatoms. The van der Waals surface area contributed by atoms with Gasteiger partial charge in [0.15, 0.2) is 0 Å². The Kier molecular flexibility index (Phi) is 4.00. The Labute approximate surface area is 120 Å². The molecule has 2 N–H and O–H groups in total. The van der Waals surface area contributed by atoms with Gasteiger partial charge in [-0.15, -0.1) is 0 Å². The predicted octanol–water partition coefficient (Wildman–Crippen LogP) is 3.71. The van der Waals surface area contributed by atoms with Crippen LogP contribution in [0.5, 0.6) is 0 Å². The molecule has 0 aliphatic carbocycles. The van der Waals surface area contributed by atoms with Gasteiger partial charge in [0.25, 0.3) is 5.69 Å². The molecule has 102 valence electrons. The minimum Gasteiger partial charge on any atom is -0.388 e. The maximum atomic E-state index is 10.9. The van der Waals surface area contributed by atoms with Crippen LogP contribution in [0.3, 0.4) is 0 Å². The summed E-state index contributed by atoms with van der Waals surface area (Å²) in [6.07, 6.45) is 0. The molecule has 0 radical (unpaired) electrons. The Morgan fingerprint density at radius 2 is 1.95 bits per heavy atom. The largest absolute Gasteiger partial charge is 0.388 e. The summed E-state index contributed by atoms with van der Waals surface area (Å²) in [4.78, 5) is 10.4. The first-order chi connectivity index (χ1) is 9.54. The van der Waals surface area contributed by atoms with Crippen LogP contribution in [0.15, 0.2) is 42.5 Å². The molecule has 0 aliphatic rings. The SMILES string of the molecule is CNc1ccc([N+](=O)[O-])cc1C(=N)c1ccccc1Cl. The number of anilines is 1. The maximum absolute atomic E-state index is 10.9. The number of halogens is 1. The van der Waals surface area contributed by atoms with E-state index < -0.39 is 4.92 Å². The number of non-ortho nitro benzene ring substituents is 1. The third-order valence-electron chi connectivity index (χ3n) is 2.90. The minimum absolute atomic E-state index is 0.0594. The van der Waals surface area contributed by atoms with Gasteiger partial charge < -0.3 is 5.32 Å². The van der Waals surface area contributed by atoms with Crippen LogP contribution in [0.1, 0.15) is 11.1 Å². The van der Waals surface area contributed by atoms with Crippen LogP contribution in [0.25, 0.3) is 0 Å². The summed E-state index contributed by atoms with van der Waals surface area (Å²) in [5, 5.41) is 22.5. The highest BCUT2D eigenvalue weighted by atomic mass is 35.5. The summed E-state index contributed by atoms with van der Waals surface area (Å²) in [6, 6.07) is 11.3. The Bertz CT molecular complexity index is 686. The van der Waals surface area contributed by atoms with Crippen molar-refractivity contribution in [3.8, 4) is 0 Å². The summed E-state index contributed by atoms with van der Waals surface area (Å²) in [5.74, 6) is 0. The number of nitrogens with one attached hydrogen (secondary N) is 2. The molecule has 2 aromatic rings. The van der Waals surface area contributed by atoms with Crippen molar-refractivity contribution >= 4 is 28.7 Å². The van der Waals surface area contributed by atoms with Crippen molar-refractivity contribution in [1.29, 1.82) is 5.41 Å². The molecule has 0 unspecified atom stereocenters. The van der Waals surface area contributed by atoms with Gasteiger partial charge >= 0.3 is 0 Å². The van der Waals surface area contributed by atoms with Gasteiger partial charge in [-0.05, 0) is 12.1 Å². The summed E-state index contributed by atoms with van der Waals surface area (Å²) in [5.41, 5.74) is 1.70. The first-order valence-corrected chi connectivity index (χ1v) is 6.22. The van der Waals surface area contributed by atoms with Gasteiger partial charge in [0.2, 0.25) is 0 Å². The summed E-state index contributed by atoms with van der Waals surface area (Å²) in [7, 11) is 1.70. The first kappa shape index (κ1) is 14.0. The van der Waals surface area contributed by atoms with E-state index in [-0.39, 0.29) is 11.4 Å². The van der Waals surface area contributed by atoms with E-state index in [0.29, 0.717) is 21.8 Å². The van der Waals surface area contributed by atoms with Crippen molar-refractivity contribution in [3.63, 3.8) is 0 Å². The zero-order chi connectivity index (χ0) is 14.7. The lowest BCUT2D eigenvalue weighted by atomic mass is 10.00. The standard InChI is InChI=1S/C14H12ClN3O2/c1-17-13-7-6-9(18(19)20)8-11(13)14(16)10-4-2-3-5-12(10)15/h2-8,16-17H,1H3. The maximum Gasteiger partial charge on any atom is 0.270 e. The number of hydrogen-bond acceptors (Lipinski definition) is 4.